The fourth-order valence-electron chi connectivity index (χ4n) is 3.80. The van der Waals surface area contributed by atoms with Gasteiger partial charge >= 0.3 is 5.97 Å². The van der Waals surface area contributed by atoms with E-state index in [-0.39, 0.29) is 12.0 Å². The number of hydrogen-bond acceptors (Lipinski definition) is 2. The minimum Gasteiger partial charge on any atom is -0.481 e. The Hall–Kier alpha value is -2.13. The zero-order valence-electron chi connectivity index (χ0n) is 14.4. The number of carboxylic acid groups (broad SMARTS) is 1. The molecular formula is C21H25NO2. The lowest BCUT2D eigenvalue weighted by atomic mass is 9.89. The summed E-state index contributed by atoms with van der Waals surface area (Å²) in [4.78, 5) is 13.8. The standard InChI is InChI=1S/C21H25NO2/c1-15-10-11-19(16(2)13-15)20(17-7-4-3-5-8-17)22-12-6-9-18(14-22)21(23)24/h3-5,7-8,10-11,13,18,20H,6,9,12,14H2,1-2H3,(H,23,24). The zero-order chi connectivity index (χ0) is 17.1. The number of likely N-dealkylation sites (tertiary alicyclic amines) is 1. The highest BCUT2D eigenvalue weighted by Crippen LogP contribution is 2.34. The van der Waals surface area contributed by atoms with Crippen molar-refractivity contribution >= 4 is 5.97 Å². The molecule has 3 nitrogen and oxygen atoms in total. The first-order valence-corrected chi connectivity index (χ1v) is 8.65. The molecule has 1 aliphatic rings. The highest BCUT2D eigenvalue weighted by Gasteiger charge is 2.31. The number of rotatable bonds is 4. The number of benzene rings is 2. The molecule has 126 valence electrons. The molecule has 0 aromatic heterocycles. The SMILES string of the molecule is Cc1ccc(C(c2ccccc2)N2CCCC(C(=O)O)C2)c(C)c1. The smallest absolute Gasteiger partial charge is 0.307 e. The highest BCUT2D eigenvalue weighted by molar-refractivity contribution is 5.70. The monoisotopic (exact) mass is 323 g/mol. The predicted octanol–water partition coefficient (Wildman–Crippen LogP) is 4.19. The van der Waals surface area contributed by atoms with Crippen LogP contribution < -0.4 is 0 Å². The Morgan fingerprint density at radius 1 is 1.17 bits per heavy atom. The van der Waals surface area contributed by atoms with Gasteiger partial charge < -0.3 is 5.11 Å². The van der Waals surface area contributed by atoms with Gasteiger partial charge in [0.15, 0.2) is 0 Å². The Labute approximate surface area is 143 Å². The molecule has 2 unspecified atom stereocenters. The van der Waals surface area contributed by atoms with Gasteiger partial charge in [0, 0.05) is 6.54 Å². The van der Waals surface area contributed by atoms with Gasteiger partial charge in [0.05, 0.1) is 12.0 Å². The van der Waals surface area contributed by atoms with Gasteiger partial charge in [0.25, 0.3) is 0 Å². The summed E-state index contributed by atoms with van der Waals surface area (Å²) in [5.74, 6) is -0.942. The first kappa shape index (κ1) is 16.7. The van der Waals surface area contributed by atoms with Crippen LogP contribution in [0.5, 0.6) is 0 Å². The number of hydrogen-bond donors (Lipinski definition) is 1. The van der Waals surface area contributed by atoms with Crippen LogP contribution in [0.4, 0.5) is 0 Å². The molecule has 1 fully saturated rings. The van der Waals surface area contributed by atoms with Crippen LogP contribution in [0.1, 0.15) is 41.1 Å². The molecule has 1 saturated heterocycles. The number of carboxylic acids is 1. The Kier molecular flexibility index (Phi) is 5.00. The van der Waals surface area contributed by atoms with Crippen LogP contribution in [0.15, 0.2) is 48.5 Å². The van der Waals surface area contributed by atoms with Gasteiger partial charge in [-0.05, 0) is 49.9 Å². The van der Waals surface area contributed by atoms with E-state index in [4.69, 9.17) is 0 Å². The molecule has 0 aliphatic carbocycles. The molecule has 0 bridgehead atoms. The summed E-state index contributed by atoms with van der Waals surface area (Å²) in [6.07, 6.45) is 1.71. The number of piperidine rings is 1. The van der Waals surface area contributed by atoms with E-state index in [2.05, 4.69) is 61.2 Å². The Balaban J connectivity index is 2.01. The molecule has 0 saturated carbocycles. The topological polar surface area (TPSA) is 40.5 Å². The maximum Gasteiger partial charge on any atom is 0.307 e. The molecule has 1 aliphatic heterocycles. The van der Waals surface area contributed by atoms with Crippen molar-refractivity contribution in [2.75, 3.05) is 13.1 Å². The largest absolute Gasteiger partial charge is 0.481 e. The van der Waals surface area contributed by atoms with Gasteiger partial charge in [-0.15, -0.1) is 0 Å². The maximum atomic E-state index is 11.5. The second-order valence-corrected chi connectivity index (χ2v) is 6.85. The fraction of sp³-hybridized carbons (Fsp3) is 0.381. The summed E-state index contributed by atoms with van der Waals surface area (Å²) in [6.45, 7) is 5.81. The second kappa shape index (κ2) is 7.18. The summed E-state index contributed by atoms with van der Waals surface area (Å²) < 4.78 is 0. The molecule has 0 amide bonds. The van der Waals surface area contributed by atoms with E-state index in [1.165, 1.54) is 22.3 Å². The van der Waals surface area contributed by atoms with Crippen LogP contribution in [0, 0.1) is 19.8 Å². The van der Waals surface area contributed by atoms with Crippen molar-refractivity contribution in [3.8, 4) is 0 Å². The molecule has 2 atom stereocenters. The first-order chi connectivity index (χ1) is 11.6. The predicted molar refractivity (Wildman–Crippen MR) is 96.1 cm³/mol. The normalized spacial score (nSPS) is 19.8. The van der Waals surface area contributed by atoms with Crippen LogP contribution in [0.25, 0.3) is 0 Å². The summed E-state index contributed by atoms with van der Waals surface area (Å²) in [5, 5.41) is 9.44. The summed E-state index contributed by atoms with van der Waals surface area (Å²) in [6, 6.07) is 17.1. The summed E-state index contributed by atoms with van der Waals surface area (Å²) in [5.41, 5.74) is 5.03. The zero-order valence-corrected chi connectivity index (χ0v) is 14.4. The van der Waals surface area contributed by atoms with Crippen LogP contribution >= 0.6 is 0 Å². The van der Waals surface area contributed by atoms with Crippen molar-refractivity contribution in [1.29, 1.82) is 0 Å². The molecule has 1 heterocycles. The Morgan fingerprint density at radius 2 is 1.92 bits per heavy atom. The van der Waals surface area contributed by atoms with Gasteiger partial charge in [-0.1, -0.05) is 54.1 Å². The Bertz CT molecular complexity index is 711. The maximum absolute atomic E-state index is 11.5. The van der Waals surface area contributed by atoms with Gasteiger partial charge in [0.1, 0.15) is 0 Å². The first-order valence-electron chi connectivity index (χ1n) is 8.65. The van der Waals surface area contributed by atoms with E-state index in [1.807, 2.05) is 6.07 Å². The van der Waals surface area contributed by atoms with Crippen molar-refractivity contribution in [3.63, 3.8) is 0 Å². The lowest BCUT2D eigenvalue weighted by Crippen LogP contribution is -2.41. The Morgan fingerprint density at radius 3 is 2.58 bits per heavy atom. The van der Waals surface area contributed by atoms with Crippen molar-refractivity contribution in [3.05, 3.63) is 70.8 Å². The minimum atomic E-state index is -0.674. The summed E-state index contributed by atoms with van der Waals surface area (Å²) >= 11 is 0. The second-order valence-electron chi connectivity index (χ2n) is 6.85. The van der Waals surface area contributed by atoms with E-state index in [1.54, 1.807) is 0 Å². The molecule has 0 radical (unpaired) electrons. The fourth-order valence-corrected chi connectivity index (χ4v) is 3.80. The average molecular weight is 323 g/mol. The van der Waals surface area contributed by atoms with Gasteiger partial charge in [-0.3, -0.25) is 9.69 Å². The third-order valence-corrected chi connectivity index (χ3v) is 5.00. The molecule has 3 rings (SSSR count). The number of aryl methyl sites for hydroxylation is 2. The molecule has 24 heavy (non-hydrogen) atoms. The van der Waals surface area contributed by atoms with Crippen molar-refractivity contribution < 1.29 is 9.90 Å². The quantitative estimate of drug-likeness (QED) is 0.917. The number of nitrogens with zero attached hydrogens (tertiary/aromatic N) is 1. The number of aliphatic carboxylic acids is 1. The van der Waals surface area contributed by atoms with Crippen LogP contribution in [0.3, 0.4) is 0 Å². The minimum absolute atomic E-state index is 0.119. The van der Waals surface area contributed by atoms with E-state index in [0.717, 1.165) is 19.4 Å². The van der Waals surface area contributed by atoms with Crippen LogP contribution in [-0.4, -0.2) is 29.1 Å². The summed E-state index contributed by atoms with van der Waals surface area (Å²) in [7, 11) is 0. The lowest BCUT2D eigenvalue weighted by molar-refractivity contribution is -0.143. The highest BCUT2D eigenvalue weighted by atomic mass is 16.4. The average Bonchev–Trinajstić information content (AvgIpc) is 2.58. The number of carbonyl (C=O) groups is 1. The van der Waals surface area contributed by atoms with Gasteiger partial charge in [-0.25, -0.2) is 0 Å². The lowest BCUT2D eigenvalue weighted by Gasteiger charge is -2.38. The molecule has 2 aromatic rings. The van der Waals surface area contributed by atoms with E-state index in [9.17, 15) is 9.90 Å². The third-order valence-electron chi connectivity index (χ3n) is 5.00. The van der Waals surface area contributed by atoms with Crippen LogP contribution in [-0.2, 0) is 4.79 Å². The molecule has 3 heteroatoms. The van der Waals surface area contributed by atoms with Gasteiger partial charge in [0.2, 0.25) is 0 Å². The third kappa shape index (κ3) is 3.51. The van der Waals surface area contributed by atoms with Crippen molar-refractivity contribution in [2.24, 2.45) is 5.92 Å². The van der Waals surface area contributed by atoms with Crippen molar-refractivity contribution in [1.82, 2.24) is 4.90 Å². The molecular weight excluding hydrogens is 298 g/mol. The van der Waals surface area contributed by atoms with Gasteiger partial charge in [-0.2, -0.15) is 0 Å². The van der Waals surface area contributed by atoms with E-state index >= 15 is 0 Å². The molecule has 1 N–H and O–H groups in total. The molecule has 2 aromatic carbocycles. The molecule has 0 spiro atoms. The van der Waals surface area contributed by atoms with Crippen molar-refractivity contribution in [2.45, 2.75) is 32.7 Å². The van der Waals surface area contributed by atoms with Crippen LogP contribution in [0.2, 0.25) is 0 Å². The van der Waals surface area contributed by atoms with E-state index in [0.29, 0.717) is 6.54 Å². The van der Waals surface area contributed by atoms with E-state index < -0.39 is 5.97 Å².